The molecule has 2 aromatic rings. The summed E-state index contributed by atoms with van der Waals surface area (Å²) in [5.74, 6) is -0.0595. The van der Waals surface area contributed by atoms with Gasteiger partial charge in [-0.2, -0.15) is 0 Å². The Hall–Kier alpha value is -1.56. The lowest BCUT2D eigenvalue weighted by atomic mass is 10.2. The number of halogens is 2. The number of carbonyl (C=O) groups excluding carboxylic acids is 1. The van der Waals surface area contributed by atoms with E-state index in [1.165, 1.54) is 11.8 Å². The van der Waals surface area contributed by atoms with Crippen LogP contribution in [0.2, 0.25) is 5.02 Å². The van der Waals surface area contributed by atoms with Gasteiger partial charge in [-0.3, -0.25) is 9.69 Å². The van der Waals surface area contributed by atoms with Crippen LogP contribution in [0.3, 0.4) is 0 Å². The maximum absolute atomic E-state index is 12.4. The molecule has 0 radical (unpaired) electrons. The third-order valence-corrected chi connectivity index (χ3v) is 4.97. The molecule has 1 aliphatic heterocycles. The number of likely N-dealkylation sites (N-methyl/N-ethyl adjacent to an activating group) is 1. The monoisotopic (exact) mass is 406 g/mol. The fraction of sp³-hybridized carbons (Fsp3) is 0.0588. The molecule has 0 saturated carbocycles. The maximum Gasteiger partial charge on any atom is 0.266 e. The van der Waals surface area contributed by atoms with Crippen molar-refractivity contribution in [2.75, 3.05) is 7.05 Å². The Kier molecular flexibility index (Phi) is 4.90. The summed E-state index contributed by atoms with van der Waals surface area (Å²) in [7, 11) is 1.72. The predicted octanol–water partition coefficient (Wildman–Crippen LogP) is 5.34. The van der Waals surface area contributed by atoms with E-state index in [0.717, 1.165) is 15.7 Å². The summed E-state index contributed by atoms with van der Waals surface area (Å²) < 4.78 is 0.975. The van der Waals surface area contributed by atoms with Gasteiger partial charge in [0.2, 0.25) is 0 Å². The minimum Gasteiger partial charge on any atom is -0.290 e. The van der Waals surface area contributed by atoms with Gasteiger partial charge in [-0.15, -0.1) is 0 Å². The van der Waals surface area contributed by atoms with E-state index in [1.807, 2.05) is 42.5 Å². The molecule has 1 aliphatic rings. The Labute approximate surface area is 152 Å². The summed E-state index contributed by atoms with van der Waals surface area (Å²) in [6.07, 6.45) is 1.87. The van der Waals surface area contributed by atoms with E-state index in [2.05, 4.69) is 20.9 Å². The van der Waals surface area contributed by atoms with Crippen molar-refractivity contribution in [1.29, 1.82) is 0 Å². The predicted molar refractivity (Wildman–Crippen MR) is 101 cm³/mol. The lowest BCUT2D eigenvalue weighted by Crippen LogP contribution is -2.23. The Morgan fingerprint density at radius 2 is 2.00 bits per heavy atom. The number of rotatable bonds is 2. The van der Waals surface area contributed by atoms with E-state index < -0.39 is 0 Å². The Morgan fingerprint density at radius 1 is 1.22 bits per heavy atom. The zero-order valence-corrected chi connectivity index (χ0v) is 15.3. The van der Waals surface area contributed by atoms with Gasteiger partial charge in [-0.1, -0.05) is 45.7 Å². The van der Waals surface area contributed by atoms with Gasteiger partial charge < -0.3 is 0 Å². The molecule has 0 spiro atoms. The van der Waals surface area contributed by atoms with Crippen LogP contribution in [0, 0.1) is 0 Å². The highest BCUT2D eigenvalue weighted by Gasteiger charge is 2.30. The van der Waals surface area contributed by atoms with Gasteiger partial charge >= 0.3 is 0 Å². The van der Waals surface area contributed by atoms with Crippen molar-refractivity contribution in [3.8, 4) is 0 Å². The number of nitrogens with zero attached hydrogens (tertiary/aromatic N) is 2. The molecule has 0 atom stereocenters. The third kappa shape index (κ3) is 3.86. The SMILES string of the molecule is CN1C(=O)/C(=C\c2cccc(Br)c2)SC1=Nc1cccc(Cl)c1. The van der Waals surface area contributed by atoms with E-state index in [0.29, 0.717) is 15.1 Å². The Morgan fingerprint density at radius 3 is 2.74 bits per heavy atom. The van der Waals surface area contributed by atoms with Gasteiger partial charge in [-0.25, -0.2) is 4.99 Å². The fourth-order valence-electron chi connectivity index (χ4n) is 2.06. The minimum absolute atomic E-state index is 0.0595. The van der Waals surface area contributed by atoms with Crippen molar-refractivity contribution in [2.24, 2.45) is 4.99 Å². The number of hydrogen-bond donors (Lipinski definition) is 0. The van der Waals surface area contributed by atoms with E-state index in [9.17, 15) is 4.79 Å². The lowest BCUT2D eigenvalue weighted by molar-refractivity contribution is -0.121. The van der Waals surface area contributed by atoms with Gasteiger partial charge in [0.15, 0.2) is 5.17 Å². The summed E-state index contributed by atoms with van der Waals surface area (Å²) in [5.41, 5.74) is 1.69. The van der Waals surface area contributed by atoms with Crippen LogP contribution in [0.1, 0.15) is 5.56 Å². The molecular formula is C17H12BrClN2OS. The molecule has 1 saturated heterocycles. The fourth-order valence-corrected chi connectivity index (χ4v) is 3.64. The van der Waals surface area contributed by atoms with Gasteiger partial charge in [0.25, 0.3) is 5.91 Å². The number of amidine groups is 1. The van der Waals surface area contributed by atoms with Gasteiger partial charge in [0.1, 0.15) is 0 Å². The Balaban J connectivity index is 1.91. The average molecular weight is 408 g/mol. The van der Waals surface area contributed by atoms with Crippen LogP contribution < -0.4 is 0 Å². The molecule has 23 heavy (non-hydrogen) atoms. The second-order valence-corrected chi connectivity index (χ2v) is 7.27. The van der Waals surface area contributed by atoms with Crippen molar-refractivity contribution in [3.63, 3.8) is 0 Å². The summed E-state index contributed by atoms with van der Waals surface area (Å²) in [6, 6.07) is 15.1. The highest BCUT2D eigenvalue weighted by Crippen LogP contribution is 2.33. The Bertz CT molecular complexity index is 835. The molecule has 1 fully saturated rings. The molecule has 0 N–H and O–H groups in total. The topological polar surface area (TPSA) is 32.7 Å². The average Bonchev–Trinajstić information content (AvgIpc) is 2.76. The summed E-state index contributed by atoms with van der Waals surface area (Å²) in [5, 5.41) is 1.26. The van der Waals surface area contributed by atoms with Crippen molar-refractivity contribution in [2.45, 2.75) is 0 Å². The number of carbonyl (C=O) groups is 1. The van der Waals surface area contributed by atoms with Crippen molar-refractivity contribution >= 4 is 62.1 Å². The third-order valence-electron chi connectivity index (χ3n) is 3.18. The van der Waals surface area contributed by atoms with Crippen molar-refractivity contribution in [3.05, 3.63) is 68.5 Å². The molecular weight excluding hydrogens is 396 g/mol. The van der Waals surface area contributed by atoms with Crippen LogP contribution in [0.25, 0.3) is 6.08 Å². The van der Waals surface area contributed by atoms with Crippen LogP contribution in [-0.2, 0) is 4.79 Å². The largest absolute Gasteiger partial charge is 0.290 e. The standard InChI is InChI=1S/C17H12BrClN2OS/c1-21-16(22)15(9-11-4-2-5-12(18)8-11)23-17(21)20-14-7-3-6-13(19)10-14/h2-10H,1H3/b15-9+,20-17?. The molecule has 6 heteroatoms. The van der Waals surface area contributed by atoms with Crippen molar-refractivity contribution in [1.82, 2.24) is 4.90 Å². The van der Waals surface area contributed by atoms with Crippen LogP contribution in [0.5, 0.6) is 0 Å². The molecule has 3 nitrogen and oxygen atoms in total. The molecule has 2 aromatic carbocycles. The molecule has 0 aromatic heterocycles. The second kappa shape index (κ2) is 6.91. The number of benzene rings is 2. The van der Waals surface area contributed by atoms with Crippen LogP contribution in [0.15, 0.2) is 62.9 Å². The number of amides is 1. The van der Waals surface area contributed by atoms with Crippen molar-refractivity contribution < 1.29 is 4.79 Å². The normalized spacial score (nSPS) is 18.2. The second-order valence-electron chi connectivity index (χ2n) is 4.90. The van der Waals surface area contributed by atoms with E-state index in [4.69, 9.17) is 11.6 Å². The number of aliphatic imine (C=N–C) groups is 1. The summed E-state index contributed by atoms with van der Waals surface area (Å²) >= 11 is 10.8. The first-order valence-electron chi connectivity index (χ1n) is 6.80. The quantitative estimate of drug-likeness (QED) is 0.630. The minimum atomic E-state index is -0.0595. The molecule has 1 heterocycles. The van der Waals surface area contributed by atoms with Crippen LogP contribution in [0.4, 0.5) is 5.69 Å². The van der Waals surface area contributed by atoms with Crippen LogP contribution >= 0.6 is 39.3 Å². The molecule has 3 rings (SSSR count). The summed E-state index contributed by atoms with van der Waals surface area (Å²) in [4.78, 5) is 19.1. The summed E-state index contributed by atoms with van der Waals surface area (Å²) in [6.45, 7) is 0. The first kappa shape index (κ1) is 16.3. The first-order valence-corrected chi connectivity index (χ1v) is 8.79. The van der Waals surface area contributed by atoms with Gasteiger partial charge in [0.05, 0.1) is 10.6 Å². The van der Waals surface area contributed by atoms with E-state index in [-0.39, 0.29) is 5.91 Å². The van der Waals surface area contributed by atoms with Crippen LogP contribution in [-0.4, -0.2) is 23.0 Å². The van der Waals surface area contributed by atoms with E-state index >= 15 is 0 Å². The molecule has 0 aliphatic carbocycles. The molecule has 0 unspecified atom stereocenters. The zero-order valence-electron chi connectivity index (χ0n) is 12.2. The van der Waals surface area contributed by atoms with E-state index in [1.54, 1.807) is 24.1 Å². The number of hydrogen-bond acceptors (Lipinski definition) is 3. The smallest absolute Gasteiger partial charge is 0.266 e. The highest BCUT2D eigenvalue weighted by molar-refractivity contribution is 9.10. The molecule has 1 amide bonds. The first-order chi connectivity index (χ1) is 11.0. The number of thioether (sulfide) groups is 1. The molecule has 0 bridgehead atoms. The zero-order chi connectivity index (χ0) is 16.4. The maximum atomic E-state index is 12.4. The molecule has 116 valence electrons. The lowest BCUT2D eigenvalue weighted by Gasteiger charge is -2.07. The highest BCUT2D eigenvalue weighted by atomic mass is 79.9. The van der Waals surface area contributed by atoms with Gasteiger partial charge in [0, 0.05) is 16.5 Å². The van der Waals surface area contributed by atoms with Gasteiger partial charge in [-0.05, 0) is 53.7 Å².